The SMILES string of the molecule is O=C(CCC(=O)O[C@H](C(=O)c1ccccc1)c1ccc([N+](=O)[O-])cc1)Nc1cc(C(F)(F)F)ccc1Cl. The molecule has 0 bridgehead atoms. The van der Waals surface area contributed by atoms with Crippen LogP contribution in [0.3, 0.4) is 0 Å². The molecule has 3 aromatic rings. The molecule has 1 N–H and O–H groups in total. The summed E-state index contributed by atoms with van der Waals surface area (Å²) in [5, 5.41) is 13.0. The van der Waals surface area contributed by atoms with Gasteiger partial charge in [-0.2, -0.15) is 13.2 Å². The maximum absolute atomic E-state index is 13.0. The fraction of sp³-hybridized carbons (Fsp3) is 0.160. The van der Waals surface area contributed by atoms with Crippen molar-refractivity contribution in [3.63, 3.8) is 0 Å². The maximum Gasteiger partial charge on any atom is 0.416 e. The largest absolute Gasteiger partial charge is 0.449 e. The second-order valence-electron chi connectivity index (χ2n) is 7.69. The van der Waals surface area contributed by atoms with E-state index in [9.17, 15) is 37.7 Å². The molecule has 0 heterocycles. The van der Waals surface area contributed by atoms with E-state index >= 15 is 0 Å². The van der Waals surface area contributed by atoms with E-state index in [1.54, 1.807) is 18.2 Å². The predicted octanol–water partition coefficient (Wildman–Crippen LogP) is 6.15. The maximum atomic E-state index is 13.0. The van der Waals surface area contributed by atoms with Gasteiger partial charge in [0.2, 0.25) is 11.7 Å². The Kier molecular flexibility index (Phi) is 8.61. The summed E-state index contributed by atoms with van der Waals surface area (Å²) in [6.07, 6.45) is -7.07. The number of carbonyl (C=O) groups is 3. The average Bonchev–Trinajstić information content (AvgIpc) is 2.87. The number of non-ortho nitro benzene ring substituents is 1. The summed E-state index contributed by atoms with van der Waals surface area (Å²) >= 11 is 5.86. The van der Waals surface area contributed by atoms with Crippen LogP contribution in [0.1, 0.15) is 40.4 Å². The minimum Gasteiger partial charge on any atom is -0.449 e. The molecule has 0 aliphatic heterocycles. The molecule has 37 heavy (non-hydrogen) atoms. The van der Waals surface area contributed by atoms with Crippen molar-refractivity contribution >= 4 is 40.6 Å². The molecule has 0 aliphatic carbocycles. The van der Waals surface area contributed by atoms with Crippen LogP contribution < -0.4 is 5.32 Å². The van der Waals surface area contributed by atoms with E-state index in [0.29, 0.717) is 6.07 Å². The van der Waals surface area contributed by atoms with E-state index in [4.69, 9.17) is 16.3 Å². The lowest BCUT2D eigenvalue weighted by atomic mass is 9.99. The molecule has 0 spiro atoms. The van der Waals surface area contributed by atoms with Crippen LogP contribution in [0.15, 0.2) is 72.8 Å². The van der Waals surface area contributed by atoms with Crippen LogP contribution in [0.5, 0.6) is 0 Å². The van der Waals surface area contributed by atoms with E-state index in [-0.39, 0.29) is 27.5 Å². The molecular formula is C25H18ClF3N2O6. The molecule has 0 unspecified atom stereocenters. The Morgan fingerprint density at radius 3 is 2.22 bits per heavy atom. The summed E-state index contributed by atoms with van der Waals surface area (Å²) < 4.78 is 44.1. The molecular weight excluding hydrogens is 517 g/mol. The highest BCUT2D eigenvalue weighted by Gasteiger charge is 2.31. The molecule has 0 aromatic heterocycles. The number of halogens is 4. The lowest BCUT2D eigenvalue weighted by Crippen LogP contribution is -2.21. The Labute approximate surface area is 213 Å². The minimum absolute atomic E-state index is 0.129. The van der Waals surface area contributed by atoms with Crippen LogP contribution in [0.25, 0.3) is 0 Å². The molecule has 1 atom stereocenters. The number of amides is 1. The van der Waals surface area contributed by atoms with E-state index in [1.165, 1.54) is 24.3 Å². The first-order chi connectivity index (χ1) is 17.5. The van der Waals surface area contributed by atoms with Crippen molar-refractivity contribution in [2.24, 2.45) is 0 Å². The normalized spacial score (nSPS) is 11.9. The van der Waals surface area contributed by atoms with Crippen LogP contribution in [-0.2, 0) is 20.5 Å². The second kappa shape index (κ2) is 11.7. The molecule has 0 fully saturated rings. The zero-order chi connectivity index (χ0) is 27.2. The first kappa shape index (κ1) is 27.3. The van der Waals surface area contributed by atoms with Gasteiger partial charge in [0.1, 0.15) is 0 Å². The number of anilines is 1. The smallest absolute Gasteiger partial charge is 0.416 e. The van der Waals surface area contributed by atoms with Crippen LogP contribution in [0, 0.1) is 10.1 Å². The molecule has 3 aromatic carbocycles. The number of hydrogen-bond donors (Lipinski definition) is 1. The molecule has 0 saturated carbocycles. The van der Waals surface area contributed by atoms with Gasteiger partial charge in [-0.1, -0.05) is 41.9 Å². The summed E-state index contributed by atoms with van der Waals surface area (Å²) in [4.78, 5) is 48.1. The number of rotatable bonds is 9. The van der Waals surface area contributed by atoms with Crippen molar-refractivity contribution < 1.29 is 37.2 Å². The quantitative estimate of drug-likeness (QED) is 0.152. The first-order valence-corrected chi connectivity index (χ1v) is 11.0. The molecule has 1 amide bonds. The third kappa shape index (κ3) is 7.37. The number of ether oxygens (including phenoxy) is 1. The van der Waals surface area contributed by atoms with E-state index in [2.05, 4.69) is 5.32 Å². The van der Waals surface area contributed by atoms with E-state index in [0.717, 1.165) is 24.3 Å². The number of hydrogen-bond acceptors (Lipinski definition) is 6. The number of nitrogens with one attached hydrogen (secondary N) is 1. The number of nitro benzene ring substituents is 1. The molecule has 192 valence electrons. The predicted molar refractivity (Wildman–Crippen MR) is 127 cm³/mol. The van der Waals surface area contributed by atoms with Crippen molar-refractivity contribution in [3.8, 4) is 0 Å². The standard InChI is InChI=1S/C25H18ClF3N2O6/c26-19-11-8-17(25(27,28)29)14-20(19)30-21(32)12-13-22(33)37-24(23(34)15-4-2-1-3-5-15)16-6-9-18(10-7-16)31(35)36/h1-11,14,24H,12-13H2,(H,30,32)/t24-/m0/s1. The highest BCUT2D eigenvalue weighted by atomic mass is 35.5. The lowest BCUT2D eigenvalue weighted by Gasteiger charge is -2.17. The summed E-state index contributed by atoms with van der Waals surface area (Å²) in [7, 11) is 0. The average molecular weight is 535 g/mol. The summed E-state index contributed by atoms with van der Waals surface area (Å²) in [5.74, 6) is -2.35. The van der Waals surface area contributed by atoms with Crippen LogP contribution in [0.2, 0.25) is 5.02 Å². The van der Waals surface area contributed by atoms with Gasteiger partial charge in [-0.3, -0.25) is 24.5 Å². The van der Waals surface area contributed by atoms with Gasteiger partial charge in [-0.25, -0.2) is 0 Å². The van der Waals surface area contributed by atoms with Gasteiger partial charge >= 0.3 is 12.1 Å². The van der Waals surface area contributed by atoms with Gasteiger partial charge in [0.05, 0.1) is 27.6 Å². The van der Waals surface area contributed by atoms with Gasteiger partial charge in [-0.05, 0) is 30.3 Å². The Morgan fingerprint density at radius 1 is 0.973 bits per heavy atom. The highest BCUT2D eigenvalue weighted by Crippen LogP contribution is 2.34. The van der Waals surface area contributed by atoms with Crippen molar-refractivity contribution in [1.82, 2.24) is 0 Å². The van der Waals surface area contributed by atoms with E-state index < -0.39 is 53.3 Å². The molecule has 0 aliphatic rings. The number of ketones is 1. The second-order valence-corrected chi connectivity index (χ2v) is 8.10. The van der Waals surface area contributed by atoms with Crippen molar-refractivity contribution in [2.45, 2.75) is 25.1 Å². The zero-order valence-corrected chi connectivity index (χ0v) is 19.6. The van der Waals surface area contributed by atoms with E-state index in [1.807, 2.05) is 0 Å². The van der Waals surface area contributed by atoms with Crippen LogP contribution >= 0.6 is 11.6 Å². The zero-order valence-electron chi connectivity index (χ0n) is 18.8. The third-order valence-electron chi connectivity index (χ3n) is 5.08. The fourth-order valence-corrected chi connectivity index (χ4v) is 3.38. The Bertz CT molecular complexity index is 1310. The molecule has 0 saturated heterocycles. The number of carbonyl (C=O) groups excluding carboxylic acids is 3. The monoisotopic (exact) mass is 534 g/mol. The number of nitro groups is 1. The van der Waals surface area contributed by atoms with Crippen LogP contribution in [-0.4, -0.2) is 22.6 Å². The van der Waals surface area contributed by atoms with Gasteiger partial charge < -0.3 is 10.1 Å². The molecule has 3 rings (SSSR count). The summed E-state index contributed by atoms with van der Waals surface area (Å²) in [6.45, 7) is 0. The van der Waals surface area contributed by atoms with Crippen molar-refractivity contribution in [3.05, 3.63) is 105 Å². The van der Waals surface area contributed by atoms with Crippen molar-refractivity contribution in [2.75, 3.05) is 5.32 Å². The third-order valence-corrected chi connectivity index (χ3v) is 5.41. The number of esters is 1. The first-order valence-electron chi connectivity index (χ1n) is 10.7. The van der Waals surface area contributed by atoms with Gasteiger partial charge in [0.15, 0.2) is 6.10 Å². The van der Waals surface area contributed by atoms with Crippen LogP contribution in [0.4, 0.5) is 24.5 Å². The van der Waals surface area contributed by atoms with Gasteiger partial charge in [0.25, 0.3) is 5.69 Å². The highest BCUT2D eigenvalue weighted by molar-refractivity contribution is 6.33. The Morgan fingerprint density at radius 2 is 1.62 bits per heavy atom. The Balaban J connectivity index is 1.70. The topological polar surface area (TPSA) is 116 Å². The minimum atomic E-state index is -4.65. The summed E-state index contributed by atoms with van der Waals surface area (Å²) in [6, 6.07) is 15.2. The number of benzene rings is 3. The molecule has 12 heteroatoms. The molecule has 8 nitrogen and oxygen atoms in total. The van der Waals surface area contributed by atoms with Crippen molar-refractivity contribution in [1.29, 1.82) is 0 Å². The Hall–Kier alpha value is -4.25. The number of Topliss-reactive ketones (excluding diaryl/α,β-unsaturated/α-hetero) is 1. The van der Waals surface area contributed by atoms with Gasteiger partial charge in [0, 0.05) is 29.7 Å². The van der Waals surface area contributed by atoms with Gasteiger partial charge in [-0.15, -0.1) is 0 Å². The lowest BCUT2D eigenvalue weighted by molar-refractivity contribution is -0.384. The summed E-state index contributed by atoms with van der Waals surface area (Å²) in [5.41, 5.74) is -1.13. The number of alkyl halides is 3. The molecule has 0 radical (unpaired) electrons. The fourth-order valence-electron chi connectivity index (χ4n) is 3.21. The number of nitrogens with zero attached hydrogens (tertiary/aromatic N) is 1.